The third-order valence-electron chi connectivity index (χ3n) is 5.74. The number of benzene rings is 3. The van der Waals surface area contributed by atoms with Crippen LogP contribution in [0.3, 0.4) is 0 Å². The number of hydrogen-bond acceptors (Lipinski definition) is 4. The summed E-state index contributed by atoms with van der Waals surface area (Å²) in [6, 6.07) is 19.6. The molecule has 0 aromatic heterocycles. The summed E-state index contributed by atoms with van der Waals surface area (Å²) >= 11 is 0. The van der Waals surface area contributed by atoms with Gasteiger partial charge in [0, 0.05) is 24.8 Å². The molecule has 1 aliphatic heterocycles. The number of hydrogen-bond donors (Lipinski definition) is 1. The van der Waals surface area contributed by atoms with Gasteiger partial charge in [-0.2, -0.15) is 0 Å². The van der Waals surface area contributed by atoms with Crippen molar-refractivity contribution in [2.45, 2.75) is 12.8 Å². The number of nitrogens with one attached hydrogen (secondary N) is 1. The standard InChI is InChI=1S/C27H24N2O3/c1-31-13-14-32-24-11-12-25-22(16-24)17-26(29-25)19-5-7-20(8-6-19)27(30)28-23-10-9-18-3-2-4-21(18)15-23/h2-3,5-12,15-16H,4,13-14,17H2,1H3,(H,28,30). The van der Waals surface area contributed by atoms with Crippen molar-refractivity contribution >= 4 is 29.1 Å². The van der Waals surface area contributed by atoms with Crippen LogP contribution in [0.5, 0.6) is 5.75 Å². The zero-order chi connectivity index (χ0) is 21.9. The Kier molecular flexibility index (Phi) is 5.57. The van der Waals surface area contributed by atoms with Gasteiger partial charge in [-0.05, 0) is 71.1 Å². The molecule has 5 rings (SSSR count). The van der Waals surface area contributed by atoms with Crippen molar-refractivity contribution in [1.29, 1.82) is 0 Å². The summed E-state index contributed by atoms with van der Waals surface area (Å²) in [5.41, 5.74) is 8.02. The zero-order valence-electron chi connectivity index (χ0n) is 17.9. The van der Waals surface area contributed by atoms with Crippen LogP contribution < -0.4 is 10.1 Å². The van der Waals surface area contributed by atoms with Crippen molar-refractivity contribution in [1.82, 2.24) is 0 Å². The van der Waals surface area contributed by atoms with Gasteiger partial charge in [-0.25, -0.2) is 0 Å². The highest BCUT2D eigenvalue weighted by Crippen LogP contribution is 2.32. The molecule has 0 saturated heterocycles. The minimum Gasteiger partial charge on any atom is -0.491 e. The SMILES string of the molecule is COCCOc1ccc2c(c1)CC(c1ccc(C(=O)Nc3ccc4c(c3)CC=C4)cc1)=N2. The zero-order valence-corrected chi connectivity index (χ0v) is 17.9. The molecule has 3 aromatic rings. The lowest BCUT2D eigenvalue weighted by molar-refractivity contribution is 0.102. The van der Waals surface area contributed by atoms with Crippen molar-refractivity contribution in [3.05, 3.63) is 94.6 Å². The van der Waals surface area contributed by atoms with Crippen molar-refractivity contribution in [2.24, 2.45) is 4.99 Å². The summed E-state index contributed by atoms with van der Waals surface area (Å²) in [6.07, 6.45) is 5.90. The molecule has 0 saturated carbocycles. The predicted molar refractivity (Wildman–Crippen MR) is 127 cm³/mol. The van der Waals surface area contributed by atoms with E-state index in [9.17, 15) is 4.79 Å². The molecule has 5 heteroatoms. The fraction of sp³-hybridized carbons (Fsp3) is 0.185. The number of carbonyl (C=O) groups excluding carboxylic acids is 1. The van der Waals surface area contributed by atoms with E-state index in [1.54, 1.807) is 7.11 Å². The number of nitrogens with zero attached hydrogens (tertiary/aromatic N) is 1. The van der Waals surface area contributed by atoms with E-state index in [2.05, 4.69) is 17.5 Å². The Bertz CT molecular complexity index is 1230. The van der Waals surface area contributed by atoms with Gasteiger partial charge in [0.2, 0.25) is 0 Å². The quantitative estimate of drug-likeness (QED) is 0.530. The number of rotatable bonds is 7. The third-order valence-corrected chi connectivity index (χ3v) is 5.74. The summed E-state index contributed by atoms with van der Waals surface area (Å²) in [7, 11) is 1.66. The highest BCUT2D eigenvalue weighted by Gasteiger charge is 2.17. The number of fused-ring (bicyclic) bond motifs is 2. The van der Waals surface area contributed by atoms with Crippen LogP contribution in [0.2, 0.25) is 0 Å². The van der Waals surface area contributed by atoms with Gasteiger partial charge in [0.25, 0.3) is 5.91 Å². The molecule has 5 nitrogen and oxygen atoms in total. The number of amides is 1. The molecular weight excluding hydrogens is 400 g/mol. The van der Waals surface area contributed by atoms with E-state index < -0.39 is 0 Å². The van der Waals surface area contributed by atoms with Gasteiger partial charge >= 0.3 is 0 Å². The van der Waals surface area contributed by atoms with Gasteiger partial charge in [0.15, 0.2) is 0 Å². The molecule has 32 heavy (non-hydrogen) atoms. The molecule has 0 atom stereocenters. The van der Waals surface area contributed by atoms with Crippen LogP contribution in [0.1, 0.15) is 32.6 Å². The second-order valence-corrected chi connectivity index (χ2v) is 7.92. The van der Waals surface area contributed by atoms with Crippen LogP contribution >= 0.6 is 0 Å². The molecule has 0 spiro atoms. The summed E-state index contributed by atoms with van der Waals surface area (Å²) in [5.74, 6) is 0.712. The first kappa shape index (κ1) is 20.2. The monoisotopic (exact) mass is 424 g/mol. The average molecular weight is 425 g/mol. The number of methoxy groups -OCH3 is 1. The fourth-order valence-electron chi connectivity index (χ4n) is 4.03. The van der Waals surface area contributed by atoms with E-state index in [-0.39, 0.29) is 5.91 Å². The molecule has 0 bridgehead atoms. The lowest BCUT2D eigenvalue weighted by atomic mass is 10.0. The molecule has 1 N–H and O–H groups in total. The molecular formula is C27H24N2O3. The molecule has 0 radical (unpaired) electrons. The molecule has 1 aliphatic carbocycles. The van der Waals surface area contributed by atoms with E-state index in [1.165, 1.54) is 11.1 Å². The Morgan fingerprint density at radius 1 is 1.00 bits per heavy atom. The molecule has 1 amide bonds. The first-order valence-corrected chi connectivity index (χ1v) is 10.7. The Balaban J connectivity index is 1.24. The summed E-state index contributed by atoms with van der Waals surface area (Å²) in [5, 5.41) is 3.00. The summed E-state index contributed by atoms with van der Waals surface area (Å²) in [4.78, 5) is 17.5. The average Bonchev–Trinajstić information content (AvgIpc) is 3.45. The Morgan fingerprint density at radius 2 is 1.88 bits per heavy atom. The van der Waals surface area contributed by atoms with Crippen LogP contribution in [0.25, 0.3) is 6.08 Å². The number of anilines is 1. The Labute approximate surface area is 187 Å². The van der Waals surface area contributed by atoms with Crippen molar-refractivity contribution in [3.8, 4) is 5.75 Å². The van der Waals surface area contributed by atoms with E-state index in [0.29, 0.717) is 18.8 Å². The van der Waals surface area contributed by atoms with Gasteiger partial charge in [0.1, 0.15) is 12.4 Å². The second-order valence-electron chi connectivity index (χ2n) is 7.92. The first-order valence-electron chi connectivity index (χ1n) is 10.7. The van der Waals surface area contributed by atoms with Crippen LogP contribution in [0.4, 0.5) is 11.4 Å². The molecule has 3 aromatic carbocycles. The maximum atomic E-state index is 12.7. The minimum absolute atomic E-state index is 0.114. The molecule has 0 unspecified atom stereocenters. The van der Waals surface area contributed by atoms with Gasteiger partial charge in [-0.3, -0.25) is 9.79 Å². The second kappa shape index (κ2) is 8.81. The maximum Gasteiger partial charge on any atom is 0.255 e. The van der Waals surface area contributed by atoms with E-state index in [0.717, 1.165) is 46.8 Å². The third kappa shape index (κ3) is 4.20. The van der Waals surface area contributed by atoms with Gasteiger partial charge < -0.3 is 14.8 Å². The van der Waals surface area contributed by atoms with Crippen molar-refractivity contribution in [2.75, 3.05) is 25.6 Å². The highest BCUT2D eigenvalue weighted by atomic mass is 16.5. The lowest BCUT2D eigenvalue weighted by Gasteiger charge is -2.08. The van der Waals surface area contributed by atoms with Gasteiger partial charge in [-0.1, -0.05) is 30.4 Å². The number of allylic oxidation sites excluding steroid dienone is 1. The fourth-order valence-corrected chi connectivity index (χ4v) is 4.03. The normalized spacial score (nSPS) is 13.5. The Hall–Kier alpha value is -3.70. The van der Waals surface area contributed by atoms with Crippen LogP contribution in [0.15, 0.2) is 71.7 Å². The van der Waals surface area contributed by atoms with E-state index >= 15 is 0 Å². The van der Waals surface area contributed by atoms with Gasteiger partial charge in [-0.15, -0.1) is 0 Å². The van der Waals surface area contributed by atoms with Crippen LogP contribution in [-0.4, -0.2) is 31.9 Å². The number of aliphatic imine (C=N–C) groups is 1. The molecule has 160 valence electrons. The molecule has 2 aliphatic rings. The van der Waals surface area contributed by atoms with E-state index in [4.69, 9.17) is 14.5 Å². The Morgan fingerprint density at radius 3 is 2.72 bits per heavy atom. The number of ether oxygens (including phenoxy) is 2. The summed E-state index contributed by atoms with van der Waals surface area (Å²) < 4.78 is 10.7. The number of carbonyl (C=O) groups is 1. The van der Waals surface area contributed by atoms with Crippen LogP contribution in [-0.2, 0) is 17.6 Å². The highest BCUT2D eigenvalue weighted by molar-refractivity contribution is 6.08. The van der Waals surface area contributed by atoms with Crippen molar-refractivity contribution in [3.63, 3.8) is 0 Å². The largest absolute Gasteiger partial charge is 0.491 e. The first-order chi connectivity index (χ1) is 15.7. The topological polar surface area (TPSA) is 59.9 Å². The minimum atomic E-state index is -0.114. The lowest BCUT2D eigenvalue weighted by Crippen LogP contribution is -2.12. The predicted octanol–water partition coefficient (Wildman–Crippen LogP) is 5.21. The molecule has 0 fully saturated rings. The van der Waals surface area contributed by atoms with Gasteiger partial charge in [0.05, 0.1) is 18.0 Å². The maximum absolute atomic E-state index is 12.7. The van der Waals surface area contributed by atoms with E-state index in [1.807, 2.05) is 60.7 Å². The molecule has 1 heterocycles. The van der Waals surface area contributed by atoms with Crippen molar-refractivity contribution < 1.29 is 14.3 Å². The van der Waals surface area contributed by atoms with Crippen LogP contribution in [0, 0.1) is 0 Å². The summed E-state index contributed by atoms with van der Waals surface area (Å²) in [6.45, 7) is 1.08. The smallest absolute Gasteiger partial charge is 0.255 e.